The SMILES string of the molecule is Cc1ccc2c(c1)c(N=O)c(O)n2CCOc1ccc(Cl)cc1. The Labute approximate surface area is 138 Å². The van der Waals surface area contributed by atoms with Crippen molar-refractivity contribution in [1.29, 1.82) is 0 Å². The number of aryl methyl sites for hydroxylation is 1. The fourth-order valence-electron chi connectivity index (χ4n) is 2.54. The maximum atomic E-state index is 11.0. The van der Waals surface area contributed by atoms with E-state index >= 15 is 0 Å². The van der Waals surface area contributed by atoms with Crippen molar-refractivity contribution in [2.45, 2.75) is 13.5 Å². The van der Waals surface area contributed by atoms with E-state index in [1.54, 1.807) is 28.8 Å². The highest BCUT2D eigenvalue weighted by Crippen LogP contribution is 2.38. The van der Waals surface area contributed by atoms with E-state index in [1.807, 2.05) is 25.1 Å². The average molecular weight is 331 g/mol. The van der Waals surface area contributed by atoms with Crippen LogP contribution in [0.5, 0.6) is 11.6 Å². The van der Waals surface area contributed by atoms with Gasteiger partial charge in [-0.2, -0.15) is 0 Å². The number of fused-ring (bicyclic) bond motifs is 1. The third-order valence-electron chi connectivity index (χ3n) is 3.65. The van der Waals surface area contributed by atoms with Gasteiger partial charge in [-0.25, -0.2) is 0 Å². The van der Waals surface area contributed by atoms with Crippen LogP contribution in [0.2, 0.25) is 5.02 Å². The van der Waals surface area contributed by atoms with Crippen LogP contribution < -0.4 is 4.74 Å². The summed E-state index contributed by atoms with van der Waals surface area (Å²) in [6, 6.07) is 12.7. The van der Waals surface area contributed by atoms with Crippen LogP contribution >= 0.6 is 11.6 Å². The molecular formula is C17H15ClN2O3. The maximum Gasteiger partial charge on any atom is 0.222 e. The zero-order chi connectivity index (χ0) is 16.4. The molecule has 1 aromatic heterocycles. The maximum absolute atomic E-state index is 11.0. The van der Waals surface area contributed by atoms with Crippen molar-refractivity contribution < 1.29 is 9.84 Å². The van der Waals surface area contributed by atoms with Crippen LogP contribution in [0.25, 0.3) is 10.9 Å². The van der Waals surface area contributed by atoms with Crippen LogP contribution in [0.15, 0.2) is 47.6 Å². The van der Waals surface area contributed by atoms with Gasteiger partial charge in [0, 0.05) is 10.4 Å². The van der Waals surface area contributed by atoms with Crippen LogP contribution in [0, 0.1) is 11.8 Å². The zero-order valence-electron chi connectivity index (χ0n) is 12.5. The second kappa shape index (κ2) is 6.30. The standard InChI is InChI=1S/C17H15ClN2O3/c1-11-2-7-15-14(10-11)16(19-22)17(21)20(15)8-9-23-13-5-3-12(18)4-6-13/h2-7,10,21H,8-9H2,1H3. The number of aromatic hydroxyl groups is 1. The first kappa shape index (κ1) is 15.4. The quantitative estimate of drug-likeness (QED) is 0.684. The first-order valence-electron chi connectivity index (χ1n) is 7.13. The van der Waals surface area contributed by atoms with E-state index in [0.717, 1.165) is 11.1 Å². The van der Waals surface area contributed by atoms with Gasteiger partial charge in [-0.1, -0.05) is 23.2 Å². The van der Waals surface area contributed by atoms with Gasteiger partial charge in [-0.05, 0) is 48.5 Å². The van der Waals surface area contributed by atoms with E-state index in [9.17, 15) is 10.0 Å². The second-order valence-corrected chi connectivity index (χ2v) is 5.67. The Morgan fingerprint density at radius 2 is 1.96 bits per heavy atom. The molecule has 0 atom stereocenters. The van der Waals surface area contributed by atoms with Gasteiger partial charge >= 0.3 is 0 Å². The smallest absolute Gasteiger partial charge is 0.222 e. The zero-order valence-corrected chi connectivity index (χ0v) is 13.2. The summed E-state index contributed by atoms with van der Waals surface area (Å²) in [7, 11) is 0. The van der Waals surface area contributed by atoms with Crippen LogP contribution in [0.1, 0.15) is 5.56 Å². The van der Waals surface area contributed by atoms with Gasteiger partial charge in [0.2, 0.25) is 5.88 Å². The highest BCUT2D eigenvalue weighted by molar-refractivity contribution is 6.30. The topological polar surface area (TPSA) is 63.8 Å². The van der Waals surface area contributed by atoms with E-state index in [2.05, 4.69) is 5.18 Å². The van der Waals surface area contributed by atoms with Crippen molar-refractivity contribution in [3.63, 3.8) is 0 Å². The molecule has 3 aromatic rings. The number of ether oxygens (including phenoxy) is 1. The predicted octanol–water partition coefficient (Wildman–Crippen LogP) is 4.79. The number of hydrogen-bond donors (Lipinski definition) is 1. The van der Waals surface area contributed by atoms with Crippen LogP contribution in [-0.4, -0.2) is 16.3 Å². The first-order valence-corrected chi connectivity index (χ1v) is 7.51. The molecule has 0 fully saturated rings. The molecule has 0 aliphatic heterocycles. The highest BCUT2D eigenvalue weighted by atomic mass is 35.5. The predicted molar refractivity (Wildman–Crippen MR) is 90.7 cm³/mol. The largest absolute Gasteiger partial charge is 0.493 e. The van der Waals surface area contributed by atoms with Crippen LogP contribution in [0.4, 0.5) is 5.69 Å². The summed E-state index contributed by atoms with van der Waals surface area (Å²) in [5, 5.41) is 14.5. The lowest BCUT2D eigenvalue weighted by atomic mass is 10.1. The van der Waals surface area contributed by atoms with Crippen LogP contribution in [0.3, 0.4) is 0 Å². The summed E-state index contributed by atoms with van der Waals surface area (Å²) in [6.45, 7) is 2.65. The Hall–Kier alpha value is -2.53. The van der Waals surface area contributed by atoms with Gasteiger partial charge in [0.05, 0.1) is 12.1 Å². The molecule has 1 N–H and O–H groups in total. The Morgan fingerprint density at radius 3 is 2.65 bits per heavy atom. The molecule has 0 aliphatic carbocycles. The molecule has 0 saturated heterocycles. The van der Waals surface area contributed by atoms with Gasteiger partial charge in [0.1, 0.15) is 12.4 Å². The molecule has 23 heavy (non-hydrogen) atoms. The van der Waals surface area contributed by atoms with E-state index in [-0.39, 0.29) is 11.6 Å². The van der Waals surface area contributed by atoms with Crippen LogP contribution in [-0.2, 0) is 6.54 Å². The number of hydrogen-bond acceptors (Lipinski definition) is 4. The third-order valence-corrected chi connectivity index (χ3v) is 3.91. The van der Waals surface area contributed by atoms with Crippen molar-refractivity contribution in [3.05, 3.63) is 58.0 Å². The highest BCUT2D eigenvalue weighted by Gasteiger charge is 2.17. The molecule has 0 saturated carbocycles. The fraction of sp³-hybridized carbons (Fsp3) is 0.176. The number of benzene rings is 2. The number of aromatic nitrogens is 1. The van der Waals surface area contributed by atoms with Crippen molar-refractivity contribution in [2.75, 3.05) is 6.61 Å². The summed E-state index contributed by atoms with van der Waals surface area (Å²) in [4.78, 5) is 11.0. The molecular weight excluding hydrogens is 316 g/mol. The monoisotopic (exact) mass is 330 g/mol. The Kier molecular flexibility index (Phi) is 4.21. The van der Waals surface area contributed by atoms with Crippen molar-refractivity contribution in [3.8, 4) is 11.6 Å². The molecule has 6 heteroatoms. The van der Waals surface area contributed by atoms with Crippen molar-refractivity contribution >= 4 is 28.2 Å². The van der Waals surface area contributed by atoms with Crippen molar-refractivity contribution in [1.82, 2.24) is 4.57 Å². The van der Waals surface area contributed by atoms with Gasteiger partial charge in [0.25, 0.3) is 0 Å². The van der Waals surface area contributed by atoms with E-state index in [0.29, 0.717) is 29.3 Å². The Morgan fingerprint density at radius 1 is 1.22 bits per heavy atom. The molecule has 0 aliphatic rings. The molecule has 2 aromatic carbocycles. The minimum atomic E-state index is -0.139. The van der Waals surface area contributed by atoms with Gasteiger partial charge in [-0.15, -0.1) is 4.91 Å². The molecule has 5 nitrogen and oxygen atoms in total. The van der Waals surface area contributed by atoms with E-state index in [4.69, 9.17) is 16.3 Å². The minimum Gasteiger partial charge on any atom is -0.493 e. The second-order valence-electron chi connectivity index (χ2n) is 5.24. The lowest BCUT2D eigenvalue weighted by Gasteiger charge is -2.09. The van der Waals surface area contributed by atoms with Gasteiger partial charge in [-0.3, -0.25) is 0 Å². The molecule has 1 heterocycles. The van der Waals surface area contributed by atoms with E-state index < -0.39 is 0 Å². The van der Waals surface area contributed by atoms with Gasteiger partial charge < -0.3 is 14.4 Å². The third kappa shape index (κ3) is 3.00. The Balaban J connectivity index is 1.83. The first-order chi connectivity index (χ1) is 11.1. The summed E-state index contributed by atoms with van der Waals surface area (Å²) in [5.74, 6) is 0.551. The summed E-state index contributed by atoms with van der Waals surface area (Å²) < 4.78 is 7.26. The van der Waals surface area contributed by atoms with Crippen molar-refractivity contribution in [2.24, 2.45) is 5.18 Å². The minimum absolute atomic E-state index is 0.0650. The van der Waals surface area contributed by atoms with Gasteiger partial charge in [0.15, 0.2) is 5.69 Å². The summed E-state index contributed by atoms with van der Waals surface area (Å²) in [6.07, 6.45) is 0. The molecule has 118 valence electrons. The Bertz CT molecular complexity index is 856. The number of nitroso groups, excluding NO2 is 1. The fourth-order valence-corrected chi connectivity index (χ4v) is 2.67. The summed E-state index contributed by atoms with van der Waals surface area (Å²) in [5.41, 5.74) is 1.81. The molecule has 0 bridgehead atoms. The lowest BCUT2D eigenvalue weighted by Crippen LogP contribution is -2.07. The lowest BCUT2D eigenvalue weighted by molar-refractivity contribution is 0.290. The molecule has 3 rings (SSSR count). The molecule has 0 spiro atoms. The number of rotatable bonds is 5. The number of nitrogens with zero attached hydrogens (tertiary/aromatic N) is 2. The average Bonchev–Trinajstić information content (AvgIpc) is 2.80. The molecule has 0 unspecified atom stereocenters. The normalized spacial score (nSPS) is 10.9. The summed E-state index contributed by atoms with van der Waals surface area (Å²) >= 11 is 5.83. The number of halogens is 1. The van der Waals surface area contributed by atoms with E-state index in [1.165, 1.54) is 0 Å². The molecule has 0 amide bonds. The molecule has 0 radical (unpaired) electrons.